The average molecular weight is 228 g/mol. The predicted octanol–water partition coefficient (Wildman–Crippen LogP) is 2.38. The van der Waals surface area contributed by atoms with Crippen molar-refractivity contribution < 1.29 is 0 Å². The van der Waals surface area contributed by atoms with E-state index in [0.717, 1.165) is 12.5 Å². The van der Waals surface area contributed by atoms with E-state index in [1.165, 1.54) is 35.9 Å². The molecule has 1 aromatic rings. The molecule has 1 N–H and O–H groups in total. The van der Waals surface area contributed by atoms with Gasteiger partial charge < -0.3 is 5.32 Å². The number of thioether (sulfide) groups is 1. The Labute approximate surface area is 93.5 Å². The van der Waals surface area contributed by atoms with E-state index in [2.05, 4.69) is 22.1 Å². The summed E-state index contributed by atoms with van der Waals surface area (Å²) in [5.74, 6) is 3.60. The number of hydrogen-bond acceptors (Lipinski definition) is 4. The fraction of sp³-hybridized carbons (Fsp3) is 0.700. The SMILES string of the molecule is c1csc(CNCC2CCSCC2)n1. The highest BCUT2D eigenvalue weighted by molar-refractivity contribution is 7.99. The molecule has 1 fully saturated rings. The molecule has 0 amide bonds. The Hall–Kier alpha value is -0.0600. The minimum Gasteiger partial charge on any atom is -0.310 e. The third-order valence-corrected chi connectivity index (χ3v) is 4.36. The van der Waals surface area contributed by atoms with Crippen LogP contribution in [0.4, 0.5) is 0 Å². The van der Waals surface area contributed by atoms with E-state index < -0.39 is 0 Å². The van der Waals surface area contributed by atoms with E-state index in [4.69, 9.17) is 0 Å². The molecule has 0 saturated carbocycles. The molecule has 0 aliphatic carbocycles. The monoisotopic (exact) mass is 228 g/mol. The van der Waals surface area contributed by atoms with Crippen molar-refractivity contribution in [2.45, 2.75) is 19.4 Å². The summed E-state index contributed by atoms with van der Waals surface area (Å²) in [6, 6.07) is 0. The zero-order valence-corrected chi connectivity index (χ0v) is 9.87. The first-order valence-electron chi connectivity index (χ1n) is 5.12. The molecule has 0 radical (unpaired) electrons. The molecule has 14 heavy (non-hydrogen) atoms. The van der Waals surface area contributed by atoms with Crippen molar-refractivity contribution in [1.82, 2.24) is 10.3 Å². The maximum absolute atomic E-state index is 4.25. The van der Waals surface area contributed by atoms with Crippen molar-refractivity contribution in [3.8, 4) is 0 Å². The first kappa shape index (κ1) is 10.5. The Kier molecular flexibility index (Phi) is 4.28. The highest BCUT2D eigenvalue weighted by atomic mass is 32.2. The van der Waals surface area contributed by atoms with Crippen molar-refractivity contribution in [3.05, 3.63) is 16.6 Å². The summed E-state index contributed by atoms with van der Waals surface area (Å²) in [6.07, 6.45) is 4.64. The lowest BCUT2D eigenvalue weighted by molar-refractivity contribution is 0.447. The molecule has 78 valence electrons. The van der Waals surface area contributed by atoms with Gasteiger partial charge >= 0.3 is 0 Å². The lowest BCUT2D eigenvalue weighted by atomic mass is 10.0. The van der Waals surface area contributed by atoms with Gasteiger partial charge in [0.1, 0.15) is 5.01 Å². The first-order valence-corrected chi connectivity index (χ1v) is 7.15. The number of rotatable bonds is 4. The van der Waals surface area contributed by atoms with E-state index in [1.54, 1.807) is 11.3 Å². The highest BCUT2D eigenvalue weighted by Crippen LogP contribution is 2.21. The number of nitrogens with zero attached hydrogens (tertiary/aromatic N) is 1. The zero-order chi connectivity index (χ0) is 9.64. The van der Waals surface area contributed by atoms with Gasteiger partial charge in [-0.15, -0.1) is 11.3 Å². The summed E-state index contributed by atoms with van der Waals surface area (Å²) < 4.78 is 0. The predicted molar refractivity (Wildman–Crippen MR) is 63.9 cm³/mol. The second-order valence-electron chi connectivity index (χ2n) is 3.61. The smallest absolute Gasteiger partial charge is 0.106 e. The molecule has 1 saturated heterocycles. The highest BCUT2D eigenvalue weighted by Gasteiger charge is 2.12. The fourth-order valence-electron chi connectivity index (χ4n) is 1.67. The minimum atomic E-state index is 0.899. The van der Waals surface area contributed by atoms with Gasteiger partial charge in [0.2, 0.25) is 0 Å². The molecule has 0 atom stereocenters. The van der Waals surface area contributed by atoms with Crippen LogP contribution in [0.2, 0.25) is 0 Å². The van der Waals surface area contributed by atoms with Crippen LogP contribution in [0.5, 0.6) is 0 Å². The summed E-state index contributed by atoms with van der Waals surface area (Å²) in [5, 5.41) is 6.74. The van der Waals surface area contributed by atoms with Gasteiger partial charge in [0.25, 0.3) is 0 Å². The van der Waals surface area contributed by atoms with Crippen LogP contribution in [-0.2, 0) is 6.54 Å². The van der Waals surface area contributed by atoms with Gasteiger partial charge in [0.05, 0.1) is 0 Å². The number of thiazole rings is 1. The van der Waals surface area contributed by atoms with Crippen LogP contribution in [0.1, 0.15) is 17.8 Å². The first-order chi connectivity index (χ1) is 6.95. The Balaban J connectivity index is 1.62. The van der Waals surface area contributed by atoms with Gasteiger partial charge in [-0.3, -0.25) is 0 Å². The molecule has 0 spiro atoms. The normalized spacial score (nSPS) is 18.6. The summed E-state index contributed by atoms with van der Waals surface area (Å²) in [4.78, 5) is 4.25. The van der Waals surface area contributed by atoms with Gasteiger partial charge in [0, 0.05) is 18.1 Å². The molecular formula is C10H16N2S2. The third-order valence-electron chi connectivity index (χ3n) is 2.53. The van der Waals surface area contributed by atoms with E-state index in [0.29, 0.717) is 0 Å². The topological polar surface area (TPSA) is 24.9 Å². The summed E-state index contributed by atoms with van der Waals surface area (Å²) >= 11 is 3.82. The van der Waals surface area contributed by atoms with Gasteiger partial charge in [-0.2, -0.15) is 11.8 Å². The quantitative estimate of drug-likeness (QED) is 0.856. The molecule has 0 unspecified atom stereocenters. The van der Waals surface area contributed by atoms with E-state index in [-0.39, 0.29) is 0 Å². The van der Waals surface area contributed by atoms with E-state index in [1.807, 2.05) is 11.6 Å². The van der Waals surface area contributed by atoms with E-state index >= 15 is 0 Å². The summed E-state index contributed by atoms with van der Waals surface area (Å²) in [6.45, 7) is 2.11. The largest absolute Gasteiger partial charge is 0.310 e. The lowest BCUT2D eigenvalue weighted by Gasteiger charge is -2.21. The van der Waals surface area contributed by atoms with Crippen LogP contribution in [0.3, 0.4) is 0 Å². The number of nitrogens with one attached hydrogen (secondary N) is 1. The number of hydrogen-bond donors (Lipinski definition) is 1. The van der Waals surface area contributed by atoms with Crippen LogP contribution in [0, 0.1) is 5.92 Å². The van der Waals surface area contributed by atoms with Crippen molar-refractivity contribution in [3.63, 3.8) is 0 Å². The molecule has 4 heteroatoms. The Bertz CT molecular complexity index is 243. The summed E-state index contributed by atoms with van der Waals surface area (Å²) in [5.41, 5.74) is 0. The van der Waals surface area contributed by atoms with Crippen LogP contribution >= 0.6 is 23.1 Å². The third kappa shape index (κ3) is 3.26. The molecule has 1 aliphatic heterocycles. The molecular weight excluding hydrogens is 212 g/mol. The Morgan fingerprint density at radius 2 is 2.29 bits per heavy atom. The lowest BCUT2D eigenvalue weighted by Crippen LogP contribution is -2.25. The van der Waals surface area contributed by atoms with Crippen molar-refractivity contribution in [2.75, 3.05) is 18.1 Å². The number of aromatic nitrogens is 1. The van der Waals surface area contributed by atoms with Crippen molar-refractivity contribution in [1.29, 1.82) is 0 Å². The molecule has 2 nitrogen and oxygen atoms in total. The maximum atomic E-state index is 4.25. The van der Waals surface area contributed by atoms with Gasteiger partial charge in [-0.1, -0.05) is 0 Å². The second kappa shape index (κ2) is 5.73. The molecule has 0 bridgehead atoms. The van der Waals surface area contributed by atoms with Crippen LogP contribution in [0.15, 0.2) is 11.6 Å². The van der Waals surface area contributed by atoms with Crippen molar-refractivity contribution >= 4 is 23.1 Å². The molecule has 0 aromatic carbocycles. The Morgan fingerprint density at radius 3 is 3.00 bits per heavy atom. The van der Waals surface area contributed by atoms with Crippen LogP contribution < -0.4 is 5.32 Å². The minimum absolute atomic E-state index is 0.899. The van der Waals surface area contributed by atoms with Gasteiger partial charge in [-0.05, 0) is 36.8 Å². The molecule has 2 rings (SSSR count). The second-order valence-corrected chi connectivity index (χ2v) is 5.82. The molecule has 1 aliphatic rings. The van der Waals surface area contributed by atoms with Crippen LogP contribution in [-0.4, -0.2) is 23.0 Å². The fourth-order valence-corrected chi connectivity index (χ4v) is 3.46. The molecule has 2 heterocycles. The van der Waals surface area contributed by atoms with Gasteiger partial charge in [0.15, 0.2) is 0 Å². The van der Waals surface area contributed by atoms with Crippen molar-refractivity contribution in [2.24, 2.45) is 5.92 Å². The van der Waals surface area contributed by atoms with Gasteiger partial charge in [-0.25, -0.2) is 4.98 Å². The van der Waals surface area contributed by atoms with E-state index in [9.17, 15) is 0 Å². The maximum Gasteiger partial charge on any atom is 0.106 e. The standard InChI is InChI=1S/C10H16N2S2/c1-4-13-5-2-9(1)7-11-8-10-12-3-6-14-10/h3,6,9,11H,1-2,4-5,7-8H2. The average Bonchev–Trinajstić information content (AvgIpc) is 2.72. The van der Waals surface area contributed by atoms with Crippen LogP contribution in [0.25, 0.3) is 0 Å². The summed E-state index contributed by atoms with van der Waals surface area (Å²) in [7, 11) is 0. The Morgan fingerprint density at radius 1 is 1.43 bits per heavy atom. The molecule has 1 aromatic heterocycles. The zero-order valence-electron chi connectivity index (χ0n) is 8.24.